The Kier molecular flexibility index (Phi) is 6.51. The van der Waals surface area contributed by atoms with E-state index in [0.29, 0.717) is 15.6 Å². The van der Waals surface area contributed by atoms with Gasteiger partial charge in [0.15, 0.2) is 0 Å². The molecular formula is C24H20Cl3N3. The third-order valence-corrected chi connectivity index (χ3v) is 6.19. The van der Waals surface area contributed by atoms with Gasteiger partial charge in [-0.2, -0.15) is 5.26 Å². The Morgan fingerprint density at radius 2 is 1.67 bits per heavy atom. The van der Waals surface area contributed by atoms with Gasteiger partial charge in [-0.15, -0.1) is 0 Å². The molecule has 0 aromatic heterocycles. The fraction of sp³-hybridized carbons (Fsp3) is 0.208. The lowest BCUT2D eigenvalue weighted by molar-refractivity contribution is 0.215. The van der Waals surface area contributed by atoms with Crippen molar-refractivity contribution in [2.24, 2.45) is 0 Å². The third-order valence-electron chi connectivity index (χ3n) is 5.40. The van der Waals surface area contributed by atoms with Crippen LogP contribution in [0, 0.1) is 11.3 Å². The lowest BCUT2D eigenvalue weighted by Gasteiger charge is -2.43. The first-order chi connectivity index (χ1) is 14.5. The van der Waals surface area contributed by atoms with Gasteiger partial charge in [-0.3, -0.25) is 4.90 Å². The van der Waals surface area contributed by atoms with Crippen LogP contribution in [0.4, 0.5) is 5.69 Å². The van der Waals surface area contributed by atoms with Crippen LogP contribution in [0.1, 0.15) is 22.7 Å². The number of piperazine rings is 1. The van der Waals surface area contributed by atoms with Gasteiger partial charge in [0.2, 0.25) is 0 Å². The molecule has 0 aliphatic carbocycles. The highest BCUT2D eigenvalue weighted by Crippen LogP contribution is 2.37. The predicted molar refractivity (Wildman–Crippen MR) is 124 cm³/mol. The molecule has 0 amide bonds. The molecule has 0 radical (unpaired) electrons. The van der Waals surface area contributed by atoms with E-state index in [1.54, 1.807) is 6.07 Å². The van der Waals surface area contributed by atoms with E-state index in [4.69, 9.17) is 34.8 Å². The minimum Gasteiger partial charge on any atom is -0.361 e. The Morgan fingerprint density at radius 3 is 2.40 bits per heavy atom. The number of hydrogen-bond donors (Lipinski definition) is 0. The molecule has 3 aromatic rings. The van der Waals surface area contributed by atoms with Crippen LogP contribution in [0.25, 0.3) is 0 Å². The zero-order chi connectivity index (χ0) is 21.1. The van der Waals surface area contributed by atoms with Crippen LogP contribution in [0.15, 0.2) is 66.7 Å². The van der Waals surface area contributed by atoms with E-state index in [1.165, 1.54) is 5.56 Å². The molecule has 6 heteroatoms. The average Bonchev–Trinajstić information content (AvgIpc) is 2.75. The van der Waals surface area contributed by atoms with E-state index in [2.05, 4.69) is 34.1 Å². The van der Waals surface area contributed by atoms with E-state index >= 15 is 0 Å². The summed E-state index contributed by atoms with van der Waals surface area (Å²) < 4.78 is 0. The van der Waals surface area contributed by atoms with Crippen LogP contribution >= 0.6 is 34.8 Å². The van der Waals surface area contributed by atoms with Crippen molar-refractivity contribution in [3.05, 3.63) is 98.5 Å². The molecule has 1 fully saturated rings. The summed E-state index contributed by atoms with van der Waals surface area (Å²) in [7, 11) is 0. The quantitative estimate of drug-likeness (QED) is 0.444. The molecule has 3 nitrogen and oxygen atoms in total. The van der Waals surface area contributed by atoms with Crippen LogP contribution in [0.5, 0.6) is 0 Å². The summed E-state index contributed by atoms with van der Waals surface area (Å²) in [6.07, 6.45) is 0. The van der Waals surface area contributed by atoms with Crippen molar-refractivity contribution in [2.45, 2.75) is 12.6 Å². The van der Waals surface area contributed by atoms with E-state index in [-0.39, 0.29) is 6.04 Å². The number of halogens is 3. The first kappa shape index (κ1) is 21.0. The lowest BCUT2D eigenvalue weighted by Crippen LogP contribution is -2.48. The van der Waals surface area contributed by atoms with Crippen molar-refractivity contribution in [3.8, 4) is 6.07 Å². The van der Waals surface area contributed by atoms with Gasteiger partial charge in [0.1, 0.15) is 0 Å². The number of anilines is 1. The summed E-state index contributed by atoms with van der Waals surface area (Å²) in [6, 6.07) is 23.8. The molecule has 1 aliphatic heterocycles. The van der Waals surface area contributed by atoms with Gasteiger partial charge >= 0.3 is 0 Å². The molecule has 0 N–H and O–H groups in total. The van der Waals surface area contributed by atoms with Gasteiger partial charge in [-0.1, -0.05) is 59.1 Å². The Balaban J connectivity index is 1.62. The Labute approximate surface area is 192 Å². The summed E-state index contributed by atoms with van der Waals surface area (Å²) in [5, 5.41) is 11.2. The predicted octanol–water partition coefficient (Wildman–Crippen LogP) is 6.58. The molecule has 0 saturated carbocycles. The molecule has 1 aliphatic rings. The summed E-state index contributed by atoms with van der Waals surface area (Å²) in [5.74, 6) is 0. The average molecular weight is 457 g/mol. The van der Waals surface area contributed by atoms with Crippen molar-refractivity contribution in [2.75, 3.05) is 24.5 Å². The van der Waals surface area contributed by atoms with Crippen LogP contribution < -0.4 is 4.90 Å². The van der Waals surface area contributed by atoms with Crippen molar-refractivity contribution in [1.82, 2.24) is 4.90 Å². The number of hydrogen-bond acceptors (Lipinski definition) is 3. The maximum Gasteiger partial charge on any atom is 0.0991 e. The van der Waals surface area contributed by atoms with Crippen molar-refractivity contribution in [3.63, 3.8) is 0 Å². The summed E-state index contributed by atoms with van der Waals surface area (Å²) in [6.45, 7) is 3.34. The molecule has 1 unspecified atom stereocenters. The summed E-state index contributed by atoms with van der Waals surface area (Å²) in [4.78, 5) is 4.75. The highest BCUT2D eigenvalue weighted by Gasteiger charge is 2.29. The molecule has 1 heterocycles. The first-order valence-corrected chi connectivity index (χ1v) is 10.9. The van der Waals surface area contributed by atoms with Crippen LogP contribution in [-0.2, 0) is 6.54 Å². The zero-order valence-corrected chi connectivity index (χ0v) is 18.5. The minimum absolute atomic E-state index is 0.119. The van der Waals surface area contributed by atoms with Crippen LogP contribution in [0.3, 0.4) is 0 Å². The van der Waals surface area contributed by atoms with Crippen LogP contribution in [-0.4, -0.2) is 24.5 Å². The fourth-order valence-corrected chi connectivity index (χ4v) is 4.60. The Hall–Kier alpha value is -2.22. The van der Waals surface area contributed by atoms with E-state index in [0.717, 1.165) is 42.5 Å². The number of nitrogens with zero attached hydrogens (tertiary/aromatic N) is 3. The fourth-order valence-electron chi connectivity index (χ4n) is 3.95. The molecule has 152 valence electrons. The molecule has 0 spiro atoms. The largest absolute Gasteiger partial charge is 0.361 e. The second-order valence-electron chi connectivity index (χ2n) is 7.40. The number of rotatable bonds is 4. The van der Waals surface area contributed by atoms with Crippen LogP contribution in [0.2, 0.25) is 15.1 Å². The number of nitriles is 1. The minimum atomic E-state index is 0.119. The molecule has 30 heavy (non-hydrogen) atoms. The highest BCUT2D eigenvalue weighted by molar-refractivity contribution is 6.36. The molecule has 0 bridgehead atoms. The number of benzene rings is 3. The summed E-state index contributed by atoms with van der Waals surface area (Å²) >= 11 is 18.8. The maximum absolute atomic E-state index is 9.18. The lowest BCUT2D eigenvalue weighted by atomic mass is 10.0. The molecular weight excluding hydrogens is 437 g/mol. The smallest absolute Gasteiger partial charge is 0.0991 e. The van der Waals surface area contributed by atoms with Crippen molar-refractivity contribution >= 4 is 40.5 Å². The Morgan fingerprint density at radius 1 is 0.900 bits per heavy atom. The van der Waals surface area contributed by atoms with E-state index < -0.39 is 0 Å². The van der Waals surface area contributed by atoms with Gasteiger partial charge < -0.3 is 4.90 Å². The zero-order valence-electron chi connectivity index (χ0n) is 16.2. The first-order valence-electron chi connectivity index (χ1n) is 9.72. The normalized spacial score (nSPS) is 17.0. The molecule has 3 aromatic carbocycles. The van der Waals surface area contributed by atoms with Crippen molar-refractivity contribution < 1.29 is 0 Å². The van der Waals surface area contributed by atoms with E-state index in [1.807, 2.05) is 42.5 Å². The monoisotopic (exact) mass is 455 g/mol. The molecule has 1 atom stereocenters. The Bertz CT molecular complexity index is 1080. The standard InChI is InChI=1S/C24H20Cl3N3/c25-20-6-4-19(5-7-20)24-16-29(15-18-3-1-2-17(12-18)14-28)10-11-30(24)23-9-8-21(26)13-22(23)27/h1-9,12-13,24H,10-11,15-16H2. The van der Waals surface area contributed by atoms with Gasteiger partial charge in [0.05, 0.1) is 28.4 Å². The molecule has 4 rings (SSSR count). The van der Waals surface area contributed by atoms with Gasteiger partial charge in [-0.25, -0.2) is 0 Å². The van der Waals surface area contributed by atoms with Gasteiger partial charge in [0, 0.05) is 36.2 Å². The van der Waals surface area contributed by atoms with Crippen molar-refractivity contribution in [1.29, 1.82) is 5.26 Å². The highest BCUT2D eigenvalue weighted by atomic mass is 35.5. The second kappa shape index (κ2) is 9.29. The summed E-state index contributed by atoms with van der Waals surface area (Å²) in [5.41, 5.74) is 3.99. The topological polar surface area (TPSA) is 30.3 Å². The second-order valence-corrected chi connectivity index (χ2v) is 8.68. The molecule has 1 saturated heterocycles. The SMILES string of the molecule is N#Cc1cccc(CN2CCN(c3ccc(Cl)cc3Cl)C(c3ccc(Cl)cc3)C2)c1. The maximum atomic E-state index is 9.18. The van der Waals surface area contributed by atoms with Gasteiger partial charge in [0.25, 0.3) is 0 Å². The third kappa shape index (κ3) is 4.74. The van der Waals surface area contributed by atoms with E-state index in [9.17, 15) is 5.26 Å². The van der Waals surface area contributed by atoms with Gasteiger partial charge in [-0.05, 0) is 53.6 Å².